The van der Waals surface area contributed by atoms with Gasteiger partial charge in [0.2, 0.25) is 0 Å². The zero-order valence-corrected chi connectivity index (χ0v) is 11.5. The number of carbonyl (C=O) groups is 1. The lowest BCUT2D eigenvalue weighted by Crippen LogP contribution is -2.33. The summed E-state index contributed by atoms with van der Waals surface area (Å²) in [5.74, 6) is -0.147. The van der Waals surface area contributed by atoms with E-state index >= 15 is 0 Å². The monoisotopic (exact) mass is 274 g/mol. The molecule has 0 bridgehead atoms. The number of pyridine rings is 1. The normalized spacial score (nSPS) is 20.4. The van der Waals surface area contributed by atoms with Gasteiger partial charge in [-0.05, 0) is 38.1 Å². The summed E-state index contributed by atoms with van der Waals surface area (Å²) in [6.45, 7) is 4.22. The molecule has 6 heteroatoms. The van der Waals surface area contributed by atoms with Crippen LogP contribution in [0.5, 0.6) is 0 Å². The third-order valence-corrected chi connectivity index (χ3v) is 3.91. The Morgan fingerprint density at radius 1 is 1.45 bits per heavy atom. The number of likely N-dealkylation sites (tertiary alicyclic amines) is 1. The lowest BCUT2D eigenvalue weighted by atomic mass is 10.0. The van der Waals surface area contributed by atoms with Gasteiger partial charge in [0.05, 0.1) is 11.6 Å². The van der Waals surface area contributed by atoms with Crippen molar-refractivity contribution in [3.63, 3.8) is 0 Å². The smallest absolute Gasteiger partial charge is 0.337 e. The van der Waals surface area contributed by atoms with E-state index in [9.17, 15) is 4.79 Å². The van der Waals surface area contributed by atoms with E-state index in [0.29, 0.717) is 5.65 Å². The highest BCUT2D eigenvalue weighted by atomic mass is 16.4. The first kappa shape index (κ1) is 13.1. The molecule has 1 N–H and O–H groups in total. The highest BCUT2D eigenvalue weighted by Crippen LogP contribution is 2.28. The minimum absolute atomic E-state index is 0.227. The van der Waals surface area contributed by atoms with Crippen LogP contribution in [0.3, 0.4) is 0 Å². The maximum atomic E-state index is 11.0. The van der Waals surface area contributed by atoms with Crippen molar-refractivity contribution >= 4 is 11.6 Å². The SMILES string of the molecule is CCN1CCCCC1c1nc2ccc(C(=O)O)cn2n1. The van der Waals surface area contributed by atoms with Gasteiger partial charge < -0.3 is 5.11 Å². The van der Waals surface area contributed by atoms with Gasteiger partial charge in [0, 0.05) is 6.20 Å². The maximum absolute atomic E-state index is 11.0. The van der Waals surface area contributed by atoms with E-state index in [2.05, 4.69) is 21.9 Å². The lowest BCUT2D eigenvalue weighted by molar-refractivity contribution is 0.0696. The molecule has 1 fully saturated rings. The summed E-state index contributed by atoms with van der Waals surface area (Å²) in [6.07, 6.45) is 5.00. The second kappa shape index (κ2) is 5.20. The second-order valence-corrected chi connectivity index (χ2v) is 5.14. The van der Waals surface area contributed by atoms with Gasteiger partial charge in [0.15, 0.2) is 11.5 Å². The van der Waals surface area contributed by atoms with Crippen LogP contribution >= 0.6 is 0 Å². The molecule has 6 nitrogen and oxygen atoms in total. The van der Waals surface area contributed by atoms with E-state index in [1.807, 2.05) is 0 Å². The van der Waals surface area contributed by atoms with Crippen molar-refractivity contribution in [1.82, 2.24) is 19.5 Å². The molecule has 1 aliphatic rings. The third-order valence-electron chi connectivity index (χ3n) is 3.91. The molecule has 1 saturated heterocycles. The first-order valence-corrected chi connectivity index (χ1v) is 7.02. The summed E-state index contributed by atoms with van der Waals surface area (Å²) in [6, 6.07) is 3.52. The van der Waals surface area contributed by atoms with Crippen LogP contribution in [0.1, 0.15) is 48.4 Å². The number of carboxylic acid groups (broad SMARTS) is 1. The van der Waals surface area contributed by atoms with Crippen LogP contribution in [0.2, 0.25) is 0 Å². The molecule has 0 saturated carbocycles. The number of aromatic nitrogens is 3. The van der Waals surface area contributed by atoms with Crippen LogP contribution in [0.25, 0.3) is 5.65 Å². The Bertz CT molecular complexity index is 637. The molecule has 0 radical (unpaired) electrons. The molecule has 1 aliphatic heterocycles. The fraction of sp³-hybridized carbons (Fsp3) is 0.500. The van der Waals surface area contributed by atoms with Gasteiger partial charge in [-0.25, -0.2) is 14.3 Å². The molecular weight excluding hydrogens is 256 g/mol. The molecule has 106 valence electrons. The van der Waals surface area contributed by atoms with Crippen molar-refractivity contribution < 1.29 is 9.90 Å². The van der Waals surface area contributed by atoms with E-state index < -0.39 is 5.97 Å². The molecule has 3 rings (SSSR count). The molecule has 1 atom stereocenters. The summed E-state index contributed by atoms with van der Waals surface area (Å²) in [5, 5.41) is 13.5. The van der Waals surface area contributed by atoms with E-state index in [1.165, 1.54) is 19.0 Å². The number of carboxylic acids is 1. The van der Waals surface area contributed by atoms with Crippen LogP contribution in [-0.4, -0.2) is 43.7 Å². The molecule has 1 unspecified atom stereocenters. The van der Waals surface area contributed by atoms with Gasteiger partial charge in [-0.3, -0.25) is 4.90 Å². The van der Waals surface area contributed by atoms with Crippen LogP contribution < -0.4 is 0 Å². The number of aromatic carboxylic acids is 1. The van der Waals surface area contributed by atoms with Gasteiger partial charge in [-0.2, -0.15) is 0 Å². The van der Waals surface area contributed by atoms with Crippen LogP contribution in [0, 0.1) is 0 Å². The molecule has 2 aromatic heterocycles. The number of rotatable bonds is 3. The zero-order valence-electron chi connectivity index (χ0n) is 11.5. The molecule has 0 spiro atoms. The van der Waals surface area contributed by atoms with Gasteiger partial charge >= 0.3 is 5.97 Å². The molecule has 3 heterocycles. The molecule has 2 aromatic rings. The molecule has 20 heavy (non-hydrogen) atoms. The van der Waals surface area contributed by atoms with Gasteiger partial charge in [0.1, 0.15) is 0 Å². The topological polar surface area (TPSA) is 70.7 Å². The average Bonchev–Trinajstić information content (AvgIpc) is 2.89. The average molecular weight is 274 g/mol. The largest absolute Gasteiger partial charge is 0.478 e. The fourth-order valence-corrected chi connectivity index (χ4v) is 2.83. The van der Waals surface area contributed by atoms with E-state index in [-0.39, 0.29) is 11.6 Å². The zero-order chi connectivity index (χ0) is 14.1. The summed E-state index contributed by atoms with van der Waals surface area (Å²) >= 11 is 0. The van der Waals surface area contributed by atoms with E-state index in [1.54, 1.807) is 16.6 Å². The van der Waals surface area contributed by atoms with Gasteiger partial charge in [-0.1, -0.05) is 13.3 Å². The second-order valence-electron chi connectivity index (χ2n) is 5.14. The minimum Gasteiger partial charge on any atom is -0.478 e. The van der Waals surface area contributed by atoms with Crippen molar-refractivity contribution in [2.24, 2.45) is 0 Å². The Labute approximate surface area is 117 Å². The third kappa shape index (κ3) is 2.27. The summed E-state index contributed by atoms with van der Waals surface area (Å²) < 4.78 is 1.57. The first-order chi connectivity index (χ1) is 9.69. The lowest BCUT2D eigenvalue weighted by Gasteiger charge is -2.32. The van der Waals surface area contributed by atoms with Crippen LogP contribution in [0.15, 0.2) is 18.3 Å². The van der Waals surface area contributed by atoms with Crippen molar-refractivity contribution in [2.45, 2.75) is 32.2 Å². The number of piperidine rings is 1. The quantitative estimate of drug-likeness (QED) is 0.926. The molecule has 0 amide bonds. The summed E-state index contributed by atoms with van der Waals surface area (Å²) in [7, 11) is 0. The Balaban J connectivity index is 1.97. The summed E-state index contributed by atoms with van der Waals surface area (Å²) in [5.41, 5.74) is 0.927. The highest BCUT2D eigenvalue weighted by molar-refractivity contribution is 5.87. The number of fused-ring (bicyclic) bond motifs is 1. The van der Waals surface area contributed by atoms with Crippen molar-refractivity contribution in [3.05, 3.63) is 29.7 Å². The predicted molar refractivity (Wildman–Crippen MR) is 73.8 cm³/mol. The Morgan fingerprint density at radius 2 is 2.30 bits per heavy atom. The van der Waals surface area contributed by atoms with Crippen LogP contribution in [-0.2, 0) is 0 Å². The Kier molecular flexibility index (Phi) is 3.40. The predicted octanol–water partition coefficient (Wildman–Crippen LogP) is 1.97. The molecule has 0 aromatic carbocycles. The van der Waals surface area contributed by atoms with E-state index in [0.717, 1.165) is 25.3 Å². The number of hydrogen-bond acceptors (Lipinski definition) is 4. The van der Waals surface area contributed by atoms with Crippen molar-refractivity contribution in [1.29, 1.82) is 0 Å². The number of hydrogen-bond donors (Lipinski definition) is 1. The minimum atomic E-state index is -0.947. The standard InChI is InChI=1S/C14H18N4O2/c1-2-17-8-4-3-5-11(17)13-15-12-7-6-10(14(19)20)9-18(12)16-13/h6-7,9,11H,2-5,8H2,1H3,(H,19,20). The van der Waals surface area contributed by atoms with Crippen LogP contribution in [0.4, 0.5) is 0 Å². The highest BCUT2D eigenvalue weighted by Gasteiger charge is 2.26. The fourth-order valence-electron chi connectivity index (χ4n) is 2.83. The number of nitrogens with zero attached hydrogens (tertiary/aromatic N) is 4. The Hall–Kier alpha value is -1.95. The summed E-state index contributed by atoms with van der Waals surface area (Å²) in [4.78, 5) is 17.9. The van der Waals surface area contributed by atoms with E-state index in [4.69, 9.17) is 5.11 Å². The van der Waals surface area contributed by atoms with Gasteiger partial charge in [-0.15, -0.1) is 5.10 Å². The molecular formula is C14H18N4O2. The Morgan fingerprint density at radius 3 is 3.05 bits per heavy atom. The van der Waals surface area contributed by atoms with Crippen molar-refractivity contribution in [3.8, 4) is 0 Å². The van der Waals surface area contributed by atoms with Crippen molar-refractivity contribution in [2.75, 3.05) is 13.1 Å². The van der Waals surface area contributed by atoms with Gasteiger partial charge in [0.25, 0.3) is 0 Å². The molecule has 0 aliphatic carbocycles. The first-order valence-electron chi connectivity index (χ1n) is 7.02. The maximum Gasteiger partial charge on any atom is 0.337 e.